The quantitative estimate of drug-likeness (QED) is 0.692. The number of pyridine rings is 1. The van der Waals surface area contributed by atoms with Gasteiger partial charge in [0, 0.05) is 44.5 Å². The lowest BCUT2D eigenvalue weighted by Gasteiger charge is -2.23. The van der Waals surface area contributed by atoms with Crippen molar-refractivity contribution in [1.29, 1.82) is 0 Å². The Labute approximate surface area is 167 Å². The summed E-state index contributed by atoms with van der Waals surface area (Å²) in [4.78, 5) is 8.31. The molecule has 0 bridgehead atoms. The van der Waals surface area contributed by atoms with E-state index in [2.05, 4.69) is 9.88 Å². The van der Waals surface area contributed by atoms with E-state index in [4.69, 9.17) is 0 Å². The Morgan fingerprint density at radius 2 is 1.76 bits per heavy atom. The van der Waals surface area contributed by atoms with Gasteiger partial charge in [-0.05, 0) is 35.4 Å². The molecule has 152 valence electrons. The molecule has 1 aromatic heterocycles. The van der Waals surface area contributed by atoms with Gasteiger partial charge >= 0.3 is 6.18 Å². The molecule has 1 fully saturated rings. The van der Waals surface area contributed by atoms with E-state index < -0.39 is 11.7 Å². The molecule has 0 spiro atoms. The maximum Gasteiger partial charge on any atom is 0.417 e. The summed E-state index contributed by atoms with van der Waals surface area (Å²) in [5.41, 5.74) is 0.174. The highest BCUT2D eigenvalue weighted by Gasteiger charge is 2.31. The van der Waals surface area contributed by atoms with Gasteiger partial charge in [0.05, 0.1) is 5.56 Å². The molecule has 2 aromatic carbocycles. The third-order valence-electron chi connectivity index (χ3n) is 5.39. The fourth-order valence-electron chi connectivity index (χ4n) is 3.81. The first-order valence-corrected chi connectivity index (χ1v) is 9.62. The topological polar surface area (TPSA) is 39.6 Å². The van der Waals surface area contributed by atoms with Crippen LogP contribution < -0.4 is 4.90 Å². The summed E-state index contributed by atoms with van der Waals surface area (Å²) >= 11 is 0. The van der Waals surface area contributed by atoms with E-state index >= 15 is 0 Å². The van der Waals surface area contributed by atoms with E-state index in [-0.39, 0.29) is 5.75 Å². The minimum atomic E-state index is -4.37. The molecule has 0 amide bonds. The SMILES string of the molecule is Oc1ccc2ccccc2c1CN1CCCN(c2ccc(C(F)(F)F)cn2)CC1. The van der Waals surface area contributed by atoms with Crippen molar-refractivity contribution in [2.24, 2.45) is 0 Å². The number of hydrogen-bond donors (Lipinski definition) is 1. The van der Waals surface area contributed by atoms with E-state index in [9.17, 15) is 18.3 Å². The number of hydrogen-bond acceptors (Lipinski definition) is 4. The second kappa shape index (κ2) is 7.91. The normalized spacial score (nSPS) is 16.2. The molecule has 1 aliphatic rings. The van der Waals surface area contributed by atoms with Crippen molar-refractivity contribution in [1.82, 2.24) is 9.88 Å². The number of aromatic nitrogens is 1. The molecule has 0 radical (unpaired) electrons. The number of benzene rings is 2. The number of rotatable bonds is 3. The maximum atomic E-state index is 12.7. The third kappa shape index (κ3) is 4.29. The summed E-state index contributed by atoms with van der Waals surface area (Å²) in [5.74, 6) is 0.849. The number of halogens is 3. The fourth-order valence-corrected chi connectivity index (χ4v) is 3.81. The van der Waals surface area contributed by atoms with Crippen LogP contribution in [0.15, 0.2) is 54.7 Å². The molecule has 0 aliphatic carbocycles. The number of aromatic hydroxyl groups is 1. The standard InChI is InChI=1S/C22H22F3N3O/c23-22(24,25)17-7-9-21(26-14-17)28-11-3-10-27(12-13-28)15-19-18-5-2-1-4-16(18)6-8-20(19)29/h1-2,4-9,14,29H,3,10-13,15H2. The number of anilines is 1. The largest absolute Gasteiger partial charge is 0.508 e. The highest BCUT2D eigenvalue weighted by atomic mass is 19.4. The number of alkyl halides is 3. The van der Waals surface area contributed by atoms with Gasteiger partial charge in [0.15, 0.2) is 0 Å². The molecule has 0 saturated carbocycles. The molecule has 1 N–H and O–H groups in total. The summed E-state index contributed by atoms with van der Waals surface area (Å²) < 4.78 is 38.2. The van der Waals surface area contributed by atoms with Crippen LogP contribution in [0.3, 0.4) is 0 Å². The van der Waals surface area contributed by atoms with E-state index in [1.807, 2.05) is 35.2 Å². The lowest BCUT2D eigenvalue weighted by molar-refractivity contribution is -0.137. The van der Waals surface area contributed by atoms with Crippen LogP contribution in [0.5, 0.6) is 5.75 Å². The molecular weight excluding hydrogens is 379 g/mol. The molecule has 3 aromatic rings. The van der Waals surface area contributed by atoms with E-state index in [1.54, 1.807) is 6.07 Å². The van der Waals surface area contributed by atoms with E-state index in [0.717, 1.165) is 54.7 Å². The third-order valence-corrected chi connectivity index (χ3v) is 5.39. The van der Waals surface area contributed by atoms with Crippen LogP contribution in [0.2, 0.25) is 0 Å². The summed E-state index contributed by atoms with van der Waals surface area (Å²) in [7, 11) is 0. The Hall–Kier alpha value is -2.80. The Balaban J connectivity index is 1.47. The monoisotopic (exact) mass is 401 g/mol. The molecular formula is C22H22F3N3O. The van der Waals surface area contributed by atoms with Crippen molar-refractivity contribution in [3.8, 4) is 5.75 Å². The van der Waals surface area contributed by atoms with Crippen molar-refractivity contribution in [2.45, 2.75) is 19.1 Å². The fraction of sp³-hybridized carbons (Fsp3) is 0.318. The molecule has 0 atom stereocenters. The van der Waals surface area contributed by atoms with Crippen molar-refractivity contribution in [3.63, 3.8) is 0 Å². The number of fused-ring (bicyclic) bond motifs is 1. The van der Waals surface area contributed by atoms with Gasteiger partial charge < -0.3 is 10.0 Å². The van der Waals surface area contributed by atoms with Crippen LogP contribution in [0, 0.1) is 0 Å². The second-order valence-corrected chi connectivity index (χ2v) is 7.30. The highest BCUT2D eigenvalue weighted by Crippen LogP contribution is 2.30. The van der Waals surface area contributed by atoms with Crippen LogP contribution in [-0.2, 0) is 12.7 Å². The summed E-state index contributed by atoms with van der Waals surface area (Å²) in [5, 5.41) is 12.5. The zero-order valence-electron chi connectivity index (χ0n) is 15.9. The van der Waals surface area contributed by atoms with Gasteiger partial charge in [-0.15, -0.1) is 0 Å². The molecule has 7 heteroatoms. The first kappa shape index (κ1) is 19.5. The second-order valence-electron chi connectivity index (χ2n) is 7.30. The Bertz CT molecular complexity index is 989. The first-order chi connectivity index (χ1) is 13.9. The Morgan fingerprint density at radius 1 is 0.931 bits per heavy atom. The predicted molar refractivity (Wildman–Crippen MR) is 107 cm³/mol. The smallest absolute Gasteiger partial charge is 0.417 e. The number of nitrogens with zero attached hydrogens (tertiary/aromatic N) is 3. The van der Waals surface area contributed by atoms with E-state index in [0.29, 0.717) is 18.9 Å². The minimum Gasteiger partial charge on any atom is -0.508 e. The highest BCUT2D eigenvalue weighted by molar-refractivity contribution is 5.87. The molecule has 2 heterocycles. The zero-order valence-corrected chi connectivity index (χ0v) is 15.9. The van der Waals surface area contributed by atoms with E-state index in [1.165, 1.54) is 6.07 Å². The number of phenols is 1. The van der Waals surface area contributed by atoms with Gasteiger partial charge in [0.1, 0.15) is 11.6 Å². The van der Waals surface area contributed by atoms with Gasteiger partial charge in [-0.25, -0.2) is 4.98 Å². The predicted octanol–water partition coefficient (Wildman–Crippen LogP) is 4.67. The van der Waals surface area contributed by atoms with Gasteiger partial charge in [0.25, 0.3) is 0 Å². The average Bonchev–Trinajstić information content (AvgIpc) is 2.95. The molecule has 29 heavy (non-hydrogen) atoms. The van der Waals surface area contributed by atoms with Crippen LogP contribution in [0.4, 0.5) is 19.0 Å². The Kier molecular flexibility index (Phi) is 5.32. The summed E-state index contributed by atoms with van der Waals surface area (Å²) in [6.07, 6.45) is -2.61. The average molecular weight is 401 g/mol. The zero-order chi connectivity index (χ0) is 20.4. The molecule has 1 aliphatic heterocycles. The van der Waals surface area contributed by atoms with Gasteiger partial charge in [0.2, 0.25) is 0 Å². The maximum absolute atomic E-state index is 12.7. The van der Waals surface area contributed by atoms with Crippen LogP contribution >= 0.6 is 0 Å². The summed E-state index contributed by atoms with van der Waals surface area (Å²) in [6, 6.07) is 14.1. The molecule has 0 unspecified atom stereocenters. The lowest BCUT2D eigenvalue weighted by Crippen LogP contribution is -2.31. The van der Waals surface area contributed by atoms with Crippen molar-refractivity contribution in [3.05, 3.63) is 65.9 Å². The minimum absolute atomic E-state index is 0.286. The van der Waals surface area contributed by atoms with Gasteiger partial charge in [-0.1, -0.05) is 30.3 Å². The van der Waals surface area contributed by atoms with Crippen LogP contribution in [-0.4, -0.2) is 41.2 Å². The van der Waals surface area contributed by atoms with Crippen molar-refractivity contribution < 1.29 is 18.3 Å². The van der Waals surface area contributed by atoms with Crippen LogP contribution in [0.25, 0.3) is 10.8 Å². The Morgan fingerprint density at radius 3 is 2.52 bits per heavy atom. The number of phenolic OH excluding ortho intramolecular Hbond substituents is 1. The molecule has 1 saturated heterocycles. The van der Waals surface area contributed by atoms with Crippen molar-refractivity contribution in [2.75, 3.05) is 31.1 Å². The van der Waals surface area contributed by atoms with Crippen LogP contribution in [0.1, 0.15) is 17.5 Å². The van der Waals surface area contributed by atoms with Crippen molar-refractivity contribution >= 4 is 16.6 Å². The van der Waals surface area contributed by atoms with Gasteiger partial charge in [-0.2, -0.15) is 13.2 Å². The summed E-state index contributed by atoms with van der Waals surface area (Å²) in [6.45, 7) is 3.62. The molecule has 4 rings (SSSR count). The lowest BCUT2D eigenvalue weighted by atomic mass is 10.0. The first-order valence-electron chi connectivity index (χ1n) is 9.62. The molecule has 4 nitrogen and oxygen atoms in total. The van der Waals surface area contributed by atoms with Gasteiger partial charge in [-0.3, -0.25) is 4.90 Å².